The van der Waals surface area contributed by atoms with E-state index in [1.54, 1.807) is 18.2 Å². The summed E-state index contributed by atoms with van der Waals surface area (Å²) in [6, 6.07) is 7.79. The SMILES string of the molecule is CP(=O)(O)C(O)(Sc1ccccc1)P(=O)(O)O. The van der Waals surface area contributed by atoms with Crippen molar-refractivity contribution in [3.63, 3.8) is 0 Å². The molecule has 4 N–H and O–H groups in total. The maximum absolute atomic E-state index is 11.5. The standard InChI is InChI=1S/C8H12O6P2S/c1-15(10,11)8(9,16(12,13)14)17-7-5-3-2-4-6-7/h2-6,9H,1H3,(H,10,11)(H2,12,13,14). The van der Waals surface area contributed by atoms with Gasteiger partial charge in [0.2, 0.25) is 0 Å². The van der Waals surface area contributed by atoms with Crippen molar-refractivity contribution in [2.75, 3.05) is 6.66 Å². The van der Waals surface area contributed by atoms with E-state index >= 15 is 0 Å². The van der Waals surface area contributed by atoms with Gasteiger partial charge in [-0.2, -0.15) is 0 Å². The minimum Gasteiger partial charge on any atom is -0.361 e. The molecule has 0 aromatic heterocycles. The molecule has 0 radical (unpaired) electrons. The first-order valence-electron chi connectivity index (χ1n) is 4.40. The molecule has 0 aliphatic heterocycles. The molecule has 0 aliphatic carbocycles. The van der Waals surface area contributed by atoms with E-state index in [9.17, 15) is 19.1 Å². The molecule has 1 aromatic carbocycles. The number of thioether (sulfide) groups is 1. The van der Waals surface area contributed by atoms with Crippen LogP contribution in [-0.4, -0.2) is 30.9 Å². The van der Waals surface area contributed by atoms with Crippen LogP contribution in [-0.2, 0) is 9.13 Å². The molecule has 0 heterocycles. The maximum Gasteiger partial charge on any atom is 0.377 e. The third-order valence-corrected chi connectivity index (χ3v) is 8.71. The van der Waals surface area contributed by atoms with Crippen molar-refractivity contribution in [3.8, 4) is 0 Å². The van der Waals surface area contributed by atoms with Gasteiger partial charge in [-0.05, 0) is 12.1 Å². The molecule has 0 amide bonds. The molecule has 96 valence electrons. The lowest BCUT2D eigenvalue weighted by Gasteiger charge is -2.29. The van der Waals surface area contributed by atoms with Crippen LogP contribution in [0.15, 0.2) is 35.2 Å². The average Bonchev–Trinajstić information content (AvgIpc) is 2.15. The summed E-state index contributed by atoms with van der Waals surface area (Å²) in [5.41, 5.74) is 0. The van der Waals surface area contributed by atoms with E-state index in [2.05, 4.69) is 0 Å². The van der Waals surface area contributed by atoms with Gasteiger partial charge in [0.25, 0.3) is 11.8 Å². The number of benzene rings is 1. The van der Waals surface area contributed by atoms with Crippen LogP contribution in [0.4, 0.5) is 0 Å². The molecule has 0 fully saturated rings. The summed E-state index contributed by atoms with van der Waals surface area (Å²) in [5.74, 6) is 0. The third kappa shape index (κ3) is 3.20. The number of aliphatic hydroxyl groups is 1. The molecule has 1 aromatic rings. The van der Waals surface area contributed by atoms with Crippen LogP contribution in [0.2, 0.25) is 0 Å². The summed E-state index contributed by atoms with van der Waals surface area (Å²) in [5, 5.41) is 9.82. The molecule has 0 spiro atoms. The van der Waals surface area contributed by atoms with Gasteiger partial charge in [-0.1, -0.05) is 30.0 Å². The predicted octanol–water partition coefficient (Wildman–Crippen LogP) is 1.46. The molecule has 0 saturated heterocycles. The summed E-state index contributed by atoms with van der Waals surface area (Å²) in [7, 11) is -9.59. The summed E-state index contributed by atoms with van der Waals surface area (Å²) in [6.07, 6.45) is 0. The molecule has 0 bridgehead atoms. The van der Waals surface area contributed by atoms with Gasteiger partial charge in [-0.3, -0.25) is 9.13 Å². The van der Waals surface area contributed by atoms with E-state index in [1.807, 2.05) is 0 Å². The van der Waals surface area contributed by atoms with Crippen molar-refractivity contribution < 1.29 is 28.9 Å². The van der Waals surface area contributed by atoms with E-state index in [1.165, 1.54) is 12.1 Å². The Hall–Kier alpha value is -0.130. The second kappa shape index (κ2) is 4.86. The van der Waals surface area contributed by atoms with Crippen molar-refractivity contribution in [3.05, 3.63) is 30.3 Å². The van der Waals surface area contributed by atoms with E-state index < -0.39 is 19.4 Å². The van der Waals surface area contributed by atoms with E-state index in [0.717, 1.165) is 0 Å². The molecule has 1 rings (SSSR count). The van der Waals surface area contributed by atoms with Crippen LogP contribution < -0.4 is 0 Å². The smallest absolute Gasteiger partial charge is 0.361 e. The molecular weight excluding hydrogens is 286 g/mol. The van der Waals surface area contributed by atoms with Gasteiger partial charge in [0.15, 0.2) is 0 Å². The molecule has 0 aliphatic rings. The first kappa shape index (κ1) is 14.9. The molecule has 17 heavy (non-hydrogen) atoms. The van der Waals surface area contributed by atoms with Gasteiger partial charge in [-0.25, -0.2) is 0 Å². The fourth-order valence-electron chi connectivity index (χ4n) is 1.03. The highest BCUT2D eigenvalue weighted by Gasteiger charge is 2.58. The van der Waals surface area contributed by atoms with Crippen molar-refractivity contribution >= 4 is 26.7 Å². The van der Waals surface area contributed by atoms with Gasteiger partial charge < -0.3 is 19.8 Å². The van der Waals surface area contributed by atoms with Crippen molar-refractivity contribution in [1.82, 2.24) is 0 Å². The van der Waals surface area contributed by atoms with Crippen molar-refractivity contribution in [2.24, 2.45) is 0 Å². The Labute approximate surface area is 102 Å². The quantitative estimate of drug-likeness (QED) is 0.378. The first-order chi connectivity index (χ1) is 7.58. The summed E-state index contributed by atoms with van der Waals surface area (Å²) >= 11 is 0.284. The highest BCUT2D eigenvalue weighted by Crippen LogP contribution is 2.73. The molecule has 2 atom stereocenters. The van der Waals surface area contributed by atoms with Crippen LogP contribution in [0, 0.1) is 0 Å². The highest BCUT2D eigenvalue weighted by molar-refractivity contribution is 8.13. The Morgan fingerprint density at radius 3 is 1.94 bits per heavy atom. The van der Waals surface area contributed by atoms with Gasteiger partial charge in [0, 0.05) is 11.6 Å². The molecule has 6 nitrogen and oxygen atoms in total. The Bertz CT molecular complexity index is 456. The number of hydrogen-bond acceptors (Lipinski definition) is 4. The monoisotopic (exact) mass is 298 g/mol. The topological polar surface area (TPSA) is 115 Å². The van der Waals surface area contributed by atoms with Crippen molar-refractivity contribution in [1.29, 1.82) is 0 Å². The summed E-state index contributed by atoms with van der Waals surface area (Å²) < 4.78 is 19.6. The lowest BCUT2D eigenvalue weighted by molar-refractivity contribution is 0.220. The van der Waals surface area contributed by atoms with E-state index in [0.29, 0.717) is 6.66 Å². The Morgan fingerprint density at radius 1 is 1.12 bits per heavy atom. The highest BCUT2D eigenvalue weighted by atomic mass is 32.2. The zero-order chi connectivity index (χ0) is 13.3. The van der Waals surface area contributed by atoms with Crippen LogP contribution >= 0.6 is 26.7 Å². The third-order valence-electron chi connectivity index (χ3n) is 1.92. The number of hydrogen-bond donors (Lipinski definition) is 4. The minimum absolute atomic E-state index is 0.284. The van der Waals surface area contributed by atoms with Crippen LogP contribution in [0.5, 0.6) is 0 Å². The summed E-state index contributed by atoms with van der Waals surface area (Å²) in [6.45, 7) is 0.710. The fourth-order valence-corrected chi connectivity index (χ4v) is 5.36. The Morgan fingerprint density at radius 2 is 1.59 bits per heavy atom. The lowest BCUT2D eigenvalue weighted by Crippen LogP contribution is -2.23. The zero-order valence-corrected chi connectivity index (χ0v) is 11.4. The van der Waals surface area contributed by atoms with Crippen LogP contribution in [0.3, 0.4) is 0 Å². The second-order valence-corrected chi connectivity index (χ2v) is 9.78. The van der Waals surface area contributed by atoms with E-state index in [4.69, 9.17) is 9.79 Å². The van der Waals surface area contributed by atoms with E-state index in [-0.39, 0.29) is 16.7 Å². The summed E-state index contributed by atoms with van der Waals surface area (Å²) in [4.78, 5) is 27.7. The lowest BCUT2D eigenvalue weighted by atomic mass is 10.4. The van der Waals surface area contributed by atoms with Gasteiger partial charge in [0.05, 0.1) is 0 Å². The zero-order valence-electron chi connectivity index (χ0n) is 8.79. The molecule has 0 saturated carbocycles. The van der Waals surface area contributed by atoms with Crippen LogP contribution in [0.1, 0.15) is 0 Å². The normalized spacial score (nSPS) is 19.4. The molecular formula is C8H12O6P2S. The minimum atomic E-state index is -5.17. The van der Waals surface area contributed by atoms with Crippen LogP contribution in [0.25, 0.3) is 0 Å². The van der Waals surface area contributed by atoms with Gasteiger partial charge >= 0.3 is 7.60 Å². The Kier molecular flexibility index (Phi) is 4.27. The molecule has 2 unspecified atom stereocenters. The van der Waals surface area contributed by atoms with Gasteiger partial charge in [-0.15, -0.1) is 0 Å². The molecule has 9 heteroatoms. The number of rotatable bonds is 4. The second-order valence-electron chi connectivity index (χ2n) is 3.41. The average molecular weight is 298 g/mol. The first-order valence-corrected chi connectivity index (χ1v) is 8.94. The largest absolute Gasteiger partial charge is 0.377 e. The fraction of sp³-hybridized carbons (Fsp3) is 0.250. The predicted molar refractivity (Wildman–Crippen MR) is 65.0 cm³/mol. The van der Waals surface area contributed by atoms with Crippen molar-refractivity contribution in [2.45, 2.75) is 9.31 Å². The van der Waals surface area contributed by atoms with Gasteiger partial charge in [0.1, 0.15) is 0 Å². The Balaban J connectivity index is 3.20. The maximum atomic E-state index is 11.5.